The van der Waals surface area contributed by atoms with E-state index in [0.29, 0.717) is 5.92 Å². The van der Waals surface area contributed by atoms with E-state index in [1.54, 1.807) is 0 Å². The molecule has 0 radical (unpaired) electrons. The molecule has 1 nitrogen and oxygen atoms in total. The van der Waals surface area contributed by atoms with Gasteiger partial charge in [-0.1, -0.05) is 51.2 Å². The van der Waals surface area contributed by atoms with Gasteiger partial charge in [0.05, 0.1) is 6.10 Å². The van der Waals surface area contributed by atoms with E-state index in [2.05, 4.69) is 26.8 Å². The number of aliphatic hydroxyl groups is 1. The maximum Gasteiger partial charge on any atom is 0.0751 e. The van der Waals surface area contributed by atoms with Gasteiger partial charge in [0.2, 0.25) is 0 Å². The molecule has 3 unspecified atom stereocenters. The van der Waals surface area contributed by atoms with Crippen LogP contribution >= 0.6 is 0 Å². The summed E-state index contributed by atoms with van der Waals surface area (Å²) >= 11 is 0. The molecule has 0 bridgehead atoms. The summed E-state index contributed by atoms with van der Waals surface area (Å²) in [7, 11) is 0. The lowest BCUT2D eigenvalue weighted by Crippen LogP contribution is -2.15. The van der Waals surface area contributed by atoms with Gasteiger partial charge >= 0.3 is 0 Å². The van der Waals surface area contributed by atoms with Crippen LogP contribution in [-0.4, -0.2) is 11.2 Å². The molecular formula is C16H30O. The van der Waals surface area contributed by atoms with E-state index in [9.17, 15) is 5.11 Å². The first-order valence-corrected chi connectivity index (χ1v) is 7.52. The first kappa shape index (κ1) is 14.8. The molecule has 1 fully saturated rings. The number of rotatable bonds is 7. The molecule has 3 atom stereocenters. The van der Waals surface area contributed by atoms with Gasteiger partial charge in [0.25, 0.3) is 0 Å². The number of unbranched alkanes of at least 4 members (excludes halogenated alkanes) is 1. The predicted octanol–water partition coefficient (Wildman–Crippen LogP) is 4.70. The van der Waals surface area contributed by atoms with E-state index in [0.717, 1.165) is 12.3 Å². The predicted molar refractivity (Wildman–Crippen MR) is 75.0 cm³/mol. The minimum atomic E-state index is -0.186. The Hall–Kier alpha value is -0.300. The van der Waals surface area contributed by atoms with Gasteiger partial charge in [-0.25, -0.2) is 0 Å². The van der Waals surface area contributed by atoms with Crippen LogP contribution in [0.25, 0.3) is 0 Å². The quantitative estimate of drug-likeness (QED) is 0.637. The Morgan fingerprint density at radius 1 is 1.29 bits per heavy atom. The molecule has 17 heavy (non-hydrogen) atoms. The summed E-state index contributed by atoms with van der Waals surface area (Å²) in [4.78, 5) is 0. The third kappa shape index (κ3) is 5.25. The van der Waals surface area contributed by atoms with Crippen LogP contribution in [-0.2, 0) is 0 Å². The molecule has 1 aliphatic carbocycles. The van der Waals surface area contributed by atoms with Crippen molar-refractivity contribution in [3.05, 3.63) is 11.6 Å². The lowest BCUT2D eigenvalue weighted by atomic mass is 9.95. The Bertz CT molecular complexity index is 232. The summed E-state index contributed by atoms with van der Waals surface area (Å²) in [6, 6.07) is 0. The van der Waals surface area contributed by atoms with Gasteiger partial charge in [-0.15, -0.1) is 0 Å². The lowest BCUT2D eigenvalue weighted by Gasteiger charge is -2.16. The Kier molecular flexibility index (Phi) is 6.87. The summed E-state index contributed by atoms with van der Waals surface area (Å²) in [6.07, 6.45) is 12.0. The maximum atomic E-state index is 10.2. The Labute approximate surface area is 107 Å². The van der Waals surface area contributed by atoms with Crippen LogP contribution in [0, 0.1) is 11.8 Å². The van der Waals surface area contributed by atoms with Crippen LogP contribution in [0.2, 0.25) is 0 Å². The van der Waals surface area contributed by atoms with E-state index in [4.69, 9.17) is 0 Å². The monoisotopic (exact) mass is 238 g/mol. The van der Waals surface area contributed by atoms with Gasteiger partial charge < -0.3 is 5.11 Å². The van der Waals surface area contributed by atoms with Gasteiger partial charge in [0.1, 0.15) is 0 Å². The first-order chi connectivity index (χ1) is 8.17. The SMILES string of the molecule is CCCCC(C)=CC(O)C1CCC(CCC)C1. The van der Waals surface area contributed by atoms with Crippen LogP contribution in [0.4, 0.5) is 0 Å². The van der Waals surface area contributed by atoms with Gasteiger partial charge in [0.15, 0.2) is 0 Å². The highest BCUT2D eigenvalue weighted by atomic mass is 16.3. The molecule has 1 N–H and O–H groups in total. The molecule has 0 saturated heterocycles. The highest BCUT2D eigenvalue weighted by Gasteiger charge is 2.28. The fourth-order valence-corrected chi connectivity index (χ4v) is 3.06. The molecular weight excluding hydrogens is 208 g/mol. The van der Waals surface area contributed by atoms with E-state index >= 15 is 0 Å². The summed E-state index contributed by atoms with van der Waals surface area (Å²) in [5.41, 5.74) is 1.37. The molecule has 1 saturated carbocycles. The van der Waals surface area contributed by atoms with Crippen LogP contribution in [0.3, 0.4) is 0 Å². The molecule has 0 aromatic heterocycles. The standard InChI is InChI=1S/C16H30O/c1-4-6-8-13(3)11-16(17)15-10-9-14(12-15)7-5-2/h11,14-17H,4-10,12H2,1-3H3. The molecule has 0 spiro atoms. The average molecular weight is 238 g/mol. The van der Waals surface area contributed by atoms with Gasteiger partial charge in [0, 0.05) is 0 Å². The van der Waals surface area contributed by atoms with Crippen LogP contribution < -0.4 is 0 Å². The van der Waals surface area contributed by atoms with E-state index in [1.807, 2.05) is 0 Å². The Morgan fingerprint density at radius 3 is 2.71 bits per heavy atom. The zero-order valence-corrected chi connectivity index (χ0v) is 11.9. The molecule has 0 aliphatic heterocycles. The third-order valence-corrected chi connectivity index (χ3v) is 4.14. The second kappa shape index (κ2) is 7.92. The van der Waals surface area contributed by atoms with E-state index in [-0.39, 0.29) is 6.10 Å². The molecule has 0 heterocycles. The van der Waals surface area contributed by atoms with Crippen LogP contribution in [0.5, 0.6) is 0 Å². The molecule has 1 heteroatoms. The van der Waals surface area contributed by atoms with Crippen molar-refractivity contribution in [3.63, 3.8) is 0 Å². The van der Waals surface area contributed by atoms with Crippen molar-refractivity contribution >= 4 is 0 Å². The average Bonchev–Trinajstić information content (AvgIpc) is 2.75. The summed E-state index contributed by atoms with van der Waals surface area (Å²) in [5, 5.41) is 10.2. The summed E-state index contributed by atoms with van der Waals surface area (Å²) in [5.74, 6) is 1.41. The highest BCUT2D eigenvalue weighted by Crippen LogP contribution is 2.36. The molecule has 0 amide bonds. The maximum absolute atomic E-state index is 10.2. The van der Waals surface area contributed by atoms with Crippen molar-refractivity contribution in [2.75, 3.05) is 0 Å². The third-order valence-electron chi connectivity index (χ3n) is 4.14. The number of hydrogen-bond acceptors (Lipinski definition) is 1. The largest absolute Gasteiger partial charge is 0.389 e. The second-order valence-corrected chi connectivity index (χ2v) is 5.83. The van der Waals surface area contributed by atoms with Crippen LogP contribution in [0.15, 0.2) is 11.6 Å². The minimum absolute atomic E-state index is 0.186. The van der Waals surface area contributed by atoms with Crippen molar-refractivity contribution in [1.29, 1.82) is 0 Å². The van der Waals surface area contributed by atoms with Crippen molar-refractivity contribution in [1.82, 2.24) is 0 Å². The van der Waals surface area contributed by atoms with Gasteiger partial charge in [-0.3, -0.25) is 0 Å². The molecule has 100 valence electrons. The van der Waals surface area contributed by atoms with Crippen molar-refractivity contribution in [2.45, 2.75) is 78.2 Å². The molecule has 0 aromatic rings. The fraction of sp³-hybridized carbons (Fsp3) is 0.875. The lowest BCUT2D eigenvalue weighted by molar-refractivity contribution is 0.151. The fourth-order valence-electron chi connectivity index (χ4n) is 3.06. The number of allylic oxidation sites excluding steroid dienone is 1. The highest BCUT2D eigenvalue weighted by molar-refractivity contribution is 5.04. The summed E-state index contributed by atoms with van der Waals surface area (Å²) in [6.45, 7) is 6.64. The van der Waals surface area contributed by atoms with Crippen molar-refractivity contribution in [3.8, 4) is 0 Å². The second-order valence-electron chi connectivity index (χ2n) is 5.83. The molecule has 1 aliphatic rings. The first-order valence-electron chi connectivity index (χ1n) is 7.52. The van der Waals surface area contributed by atoms with Crippen LogP contribution in [0.1, 0.15) is 72.1 Å². The summed E-state index contributed by atoms with van der Waals surface area (Å²) < 4.78 is 0. The van der Waals surface area contributed by atoms with Crippen molar-refractivity contribution in [2.24, 2.45) is 11.8 Å². The Balaban J connectivity index is 2.35. The number of aliphatic hydroxyl groups excluding tert-OH is 1. The van der Waals surface area contributed by atoms with Gasteiger partial charge in [-0.05, 0) is 44.4 Å². The Morgan fingerprint density at radius 2 is 2.06 bits per heavy atom. The number of hydrogen-bond donors (Lipinski definition) is 1. The molecule has 0 aromatic carbocycles. The topological polar surface area (TPSA) is 20.2 Å². The normalized spacial score (nSPS) is 27.4. The zero-order chi connectivity index (χ0) is 12.7. The van der Waals surface area contributed by atoms with Crippen molar-refractivity contribution < 1.29 is 5.11 Å². The molecule has 1 rings (SSSR count). The van der Waals surface area contributed by atoms with Gasteiger partial charge in [-0.2, -0.15) is 0 Å². The zero-order valence-electron chi connectivity index (χ0n) is 11.9. The minimum Gasteiger partial charge on any atom is -0.389 e. The smallest absolute Gasteiger partial charge is 0.0751 e. The van der Waals surface area contributed by atoms with E-state index in [1.165, 1.54) is 50.5 Å². The van der Waals surface area contributed by atoms with E-state index < -0.39 is 0 Å².